The van der Waals surface area contributed by atoms with Crippen LogP contribution in [-0.2, 0) is 4.79 Å². The van der Waals surface area contributed by atoms with Gasteiger partial charge in [-0.25, -0.2) is 10.6 Å². The number of carbonyl (C=O) groups is 1. The smallest absolute Gasteiger partial charge is 0.357 e. The third-order valence-corrected chi connectivity index (χ3v) is 3.45. The zero-order valence-corrected chi connectivity index (χ0v) is 13.5. The number of benzene rings is 2. The Kier molecular flexibility index (Phi) is 4.74. The minimum atomic E-state index is -1.34. The van der Waals surface area contributed by atoms with Crippen molar-refractivity contribution in [1.82, 2.24) is 15.6 Å². The van der Waals surface area contributed by atoms with Crippen molar-refractivity contribution in [3.63, 3.8) is 0 Å². The number of aromatic nitrogens is 2. The summed E-state index contributed by atoms with van der Waals surface area (Å²) < 4.78 is 5.38. The van der Waals surface area contributed by atoms with Crippen LogP contribution in [-0.4, -0.2) is 21.3 Å². The lowest BCUT2D eigenvalue weighted by atomic mass is 10.1. The van der Waals surface area contributed by atoms with Crippen molar-refractivity contribution in [3.8, 4) is 17.6 Å². The summed E-state index contributed by atoms with van der Waals surface area (Å²) in [7, 11) is 0. The standard InChI is InChI=1S/C18H15N5O3/c19-16(18(24)25)17(22-20)26-14-3-1-2-11(8-14)4-5-12-6-7-13-10-21-23-15(13)9-12/h1-3,6-10,22H,19-20H2,(H,21,23)(H,24,25)/b17-16+. The van der Waals surface area contributed by atoms with Crippen LogP contribution >= 0.6 is 0 Å². The van der Waals surface area contributed by atoms with Gasteiger partial charge in [-0.2, -0.15) is 5.10 Å². The summed E-state index contributed by atoms with van der Waals surface area (Å²) in [4.78, 5) is 10.9. The topological polar surface area (TPSA) is 139 Å². The van der Waals surface area contributed by atoms with Crippen molar-refractivity contribution >= 4 is 16.9 Å². The molecule has 0 bridgehead atoms. The zero-order chi connectivity index (χ0) is 18.5. The van der Waals surface area contributed by atoms with Gasteiger partial charge in [-0.1, -0.05) is 17.9 Å². The Labute approximate surface area is 148 Å². The number of hydrazine groups is 1. The minimum absolute atomic E-state index is 0.257. The largest absolute Gasteiger partial charge is 0.476 e. The lowest BCUT2D eigenvalue weighted by molar-refractivity contribution is -0.132. The van der Waals surface area contributed by atoms with Crippen molar-refractivity contribution < 1.29 is 14.6 Å². The van der Waals surface area contributed by atoms with Crippen molar-refractivity contribution in [2.45, 2.75) is 0 Å². The number of fused-ring (bicyclic) bond motifs is 1. The van der Waals surface area contributed by atoms with Crippen LogP contribution in [0.15, 0.2) is 60.2 Å². The quantitative estimate of drug-likeness (QED) is 0.156. The molecule has 0 aliphatic heterocycles. The number of nitrogens with one attached hydrogen (secondary N) is 2. The molecule has 130 valence electrons. The molecule has 0 atom stereocenters. The third-order valence-electron chi connectivity index (χ3n) is 3.45. The highest BCUT2D eigenvalue weighted by Crippen LogP contribution is 2.16. The molecular weight excluding hydrogens is 334 g/mol. The average Bonchev–Trinajstić information content (AvgIpc) is 3.12. The molecule has 8 nitrogen and oxygen atoms in total. The van der Waals surface area contributed by atoms with Gasteiger partial charge in [0.25, 0.3) is 0 Å². The van der Waals surface area contributed by atoms with E-state index in [-0.39, 0.29) is 5.88 Å². The second-order valence-electron chi connectivity index (χ2n) is 5.24. The Morgan fingerprint density at radius 1 is 1.19 bits per heavy atom. The SMILES string of the molecule is NN/C(Oc1cccc(C#Cc2ccc3cn[nH]c3c2)c1)=C(\N)C(=O)O. The molecule has 0 unspecified atom stereocenters. The molecule has 3 rings (SSSR count). The number of hydrogen-bond donors (Lipinski definition) is 5. The predicted molar refractivity (Wildman–Crippen MR) is 95.3 cm³/mol. The number of carboxylic acids is 1. The predicted octanol–water partition coefficient (Wildman–Crippen LogP) is 1.02. The molecule has 7 N–H and O–H groups in total. The van der Waals surface area contributed by atoms with Crippen LogP contribution in [0.25, 0.3) is 10.9 Å². The maximum Gasteiger partial charge on any atom is 0.357 e. The van der Waals surface area contributed by atoms with Gasteiger partial charge in [0.05, 0.1) is 11.7 Å². The number of aliphatic carboxylic acids is 1. The molecule has 0 radical (unpaired) electrons. The molecule has 0 aliphatic rings. The fourth-order valence-corrected chi connectivity index (χ4v) is 2.17. The average molecular weight is 349 g/mol. The molecule has 0 fully saturated rings. The number of nitrogens with zero attached hydrogens (tertiary/aromatic N) is 1. The Balaban J connectivity index is 1.84. The molecule has 0 aliphatic carbocycles. The van der Waals surface area contributed by atoms with Crippen LogP contribution < -0.4 is 21.7 Å². The number of hydrogen-bond acceptors (Lipinski definition) is 6. The first kappa shape index (κ1) is 16.9. The summed E-state index contributed by atoms with van der Waals surface area (Å²) in [5.41, 5.74) is 9.41. The first-order valence-electron chi connectivity index (χ1n) is 7.49. The molecule has 0 saturated carbocycles. The van der Waals surface area contributed by atoms with Crippen LogP contribution in [0.4, 0.5) is 0 Å². The second kappa shape index (κ2) is 7.29. The Morgan fingerprint density at radius 3 is 2.69 bits per heavy atom. The Bertz CT molecular complexity index is 1060. The lowest BCUT2D eigenvalue weighted by Crippen LogP contribution is -2.31. The van der Waals surface area contributed by atoms with E-state index in [0.29, 0.717) is 11.3 Å². The molecule has 1 aromatic heterocycles. The van der Waals surface area contributed by atoms with Gasteiger partial charge in [0, 0.05) is 16.5 Å². The Morgan fingerprint density at radius 2 is 1.96 bits per heavy atom. The number of carboxylic acid groups (broad SMARTS) is 1. The summed E-state index contributed by atoms with van der Waals surface area (Å²) in [6, 6.07) is 12.5. The summed E-state index contributed by atoms with van der Waals surface area (Å²) in [5, 5.41) is 16.8. The van der Waals surface area contributed by atoms with Gasteiger partial charge in [0.1, 0.15) is 5.75 Å². The molecule has 0 saturated heterocycles. The van der Waals surface area contributed by atoms with Crippen LogP contribution in [0.3, 0.4) is 0 Å². The van der Waals surface area contributed by atoms with E-state index in [9.17, 15) is 4.79 Å². The van der Waals surface area contributed by atoms with Crippen LogP contribution in [0.1, 0.15) is 11.1 Å². The van der Waals surface area contributed by atoms with Gasteiger partial charge in [-0.3, -0.25) is 10.5 Å². The minimum Gasteiger partial charge on any atom is -0.476 e. The molecule has 26 heavy (non-hydrogen) atoms. The van der Waals surface area contributed by atoms with Crippen LogP contribution in [0, 0.1) is 11.8 Å². The zero-order valence-electron chi connectivity index (χ0n) is 13.5. The fraction of sp³-hybridized carbons (Fsp3) is 0. The summed E-state index contributed by atoms with van der Waals surface area (Å²) in [6.07, 6.45) is 1.74. The Hall–Kier alpha value is -3.96. The highest BCUT2D eigenvalue weighted by atomic mass is 16.5. The molecule has 8 heteroatoms. The van der Waals surface area contributed by atoms with E-state index in [1.54, 1.807) is 30.5 Å². The van der Waals surface area contributed by atoms with E-state index in [2.05, 4.69) is 27.5 Å². The molecule has 0 amide bonds. The summed E-state index contributed by atoms with van der Waals surface area (Å²) >= 11 is 0. The van der Waals surface area contributed by atoms with Gasteiger partial charge in [-0.05, 0) is 36.4 Å². The van der Waals surface area contributed by atoms with Crippen molar-refractivity contribution in [1.29, 1.82) is 0 Å². The van der Waals surface area contributed by atoms with Crippen molar-refractivity contribution in [2.75, 3.05) is 0 Å². The van der Waals surface area contributed by atoms with Gasteiger partial charge in [0.15, 0.2) is 5.70 Å². The normalized spacial score (nSPS) is 11.3. The maximum absolute atomic E-state index is 10.9. The molecule has 2 aromatic carbocycles. The van der Waals surface area contributed by atoms with E-state index >= 15 is 0 Å². The number of ether oxygens (including phenoxy) is 1. The highest BCUT2D eigenvalue weighted by Gasteiger charge is 2.12. The van der Waals surface area contributed by atoms with Gasteiger partial charge >= 0.3 is 5.97 Å². The molecular formula is C18H15N5O3. The lowest BCUT2D eigenvalue weighted by Gasteiger charge is -2.10. The van der Waals surface area contributed by atoms with Gasteiger partial charge in [-0.15, -0.1) is 0 Å². The van der Waals surface area contributed by atoms with Gasteiger partial charge in [0.2, 0.25) is 5.88 Å². The fourth-order valence-electron chi connectivity index (χ4n) is 2.17. The number of rotatable bonds is 4. The highest BCUT2D eigenvalue weighted by molar-refractivity contribution is 5.85. The maximum atomic E-state index is 10.9. The number of aromatic amines is 1. The number of nitrogens with two attached hydrogens (primary N) is 2. The summed E-state index contributed by atoms with van der Waals surface area (Å²) in [5.74, 6) is 10.1. The second-order valence-corrected chi connectivity index (χ2v) is 5.24. The van der Waals surface area contributed by atoms with Crippen molar-refractivity contribution in [3.05, 3.63) is 71.4 Å². The first-order valence-corrected chi connectivity index (χ1v) is 7.49. The first-order chi connectivity index (χ1) is 12.6. The number of H-pyrrole nitrogens is 1. The molecule has 0 spiro atoms. The van der Waals surface area contributed by atoms with Crippen LogP contribution in [0.2, 0.25) is 0 Å². The summed E-state index contributed by atoms with van der Waals surface area (Å²) in [6.45, 7) is 0. The monoisotopic (exact) mass is 349 g/mol. The van der Waals surface area contributed by atoms with E-state index in [1.807, 2.05) is 18.2 Å². The van der Waals surface area contributed by atoms with Crippen LogP contribution in [0.5, 0.6) is 5.75 Å². The molecule has 3 aromatic rings. The van der Waals surface area contributed by atoms with E-state index in [4.69, 9.17) is 21.4 Å². The van der Waals surface area contributed by atoms with E-state index < -0.39 is 11.7 Å². The van der Waals surface area contributed by atoms with E-state index in [0.717, 1.165) is 16.5 Å². The third kappa shape index (κ3) is 3.75. The molecule has 1 heterocycles. The van der Waals surface area contributed by atoms with Gasteiger partial charge < -0.3 is 15.6 Å². The van der Waals surface area contributed by atoms with Crippen molar-refractivity contribution in [2.24, 2.45) is 11.6 Å². The van der Waals surface area contributed by atoms with E-state index in [1.165, 1.54) is 0 Å².